The zero-order chi connectivity index (χ0) is 12.9. The van der Waals surface area contributed by atoms with Crippen LogP contribution < -0.4 is 4.72 Å². The topological polar surface area (TPSA) is 75.6 Å². The highest BCUT2D eigenvalue weighted by Gasteiger charge is 2.15. The maximum absolute atomic E-state index is 11.8. The molecule has 5 nitrogen and oxygen atoms in total. The molecule has 0 aromatic carbocycles. The predicted molar refractivity (Wildman–Crippen MR) is 66.5 cm³/mol. The number of aliphatic hydroxyl groups is 1. The largest absolute Gasteiger partial charge is 0.392 e. The van der Waals surface area contributed by atoms with Crippen molar-refractivity contribution < 1.29 is 18.3 Å². The molecule has 0 saturated carbocycles. The van der Waals surface area contributed by atoms with Crippen molar-refractivity contribution in [3.63, 3.8) is 0 Å². The molecule has 0 aliphatic heterocycles. The Hall–Kier alpha value is -0.470. The van der Waals surface area contributed by atoms with Crippen LogP contribution in [0.5, 0.6) is 0 Å². The molecule has 0 aliphatic rings. The summed E-state index contributed by atoms with van der Waals surface area (Å²) in [6, 6.07) is 1.47. The van der Waals surface area contributed by atoms with E-state index in [0.717, 1.165) is 11.3 Å². The second-order valence-electron chi connectivity index (χ2n) is 3.75. The molecular formula is C10H17NO4S2. The first-order chi connectivity index (χ1) is 7.95. The monoisotopic (exact) mass is 279 g/mol. The van der Waals surface area contributed by atoms with Gasteiger partial charge >= 0.3 is 0 Å². The molecule has 98 valence electrons. The van der Waals surface area contributed by atoms with Crippen LogP contribution in [0.1, 0.15) is 19.4 Å². The number of rotatable bonds is 7. The number of hydrogen-bond acceptors (Lipinski definition) is 5. The maximum Gasteiger partial charge on any atom is 0.250 e. The van der Waals surface area contributed by atoms with Gasteiger partial charge in [-0.2, -0.15) is 0 Å². The Labute approximate surface area is 105 Å². The SMILES string of the molecule is CC(C)OCCNS(=O)(=O)c1cc(CO)cs1. The minimum absolute atomic E-state index is 0.0854. The molecule has 0 amide bonds. The van der Waals surface area contributed by atoms with E-state index < -0.39 is 10.0 Å². The van der Waals surface area contributed by atoms with Crippen molar-refractivity contribution in [3.05, 3.63) is 17.0 Å². The highest BCUT2D eigenvalue weighted by atomic mass is 32.2. The molecule has 17 heavy (non-hydrogen) atoms. The maximum atomic E-state index is 11.8. The van der Waals surface area contributed by atoms with E-state index in [1.54, 1.807) is 5.38 Å². The molecule has 0 unspecified atom stereocenters. The molecular weight excluding hydrogens is 262 g/mol. The molecule has 1 aromatic heterocycles. The van der Waals surface area contributed by atoms with Crippen molar-refractivity contribution >= 4 is 21.4 Å². The fourth-order valence-electron chi connectivity index (χ4n) is 1.12. The van der Waals surface area contributed by atoms with E-state index in [2.05, 4.69) is 4.72 Å². The number of sulfonamides is 1. The van der Waals surface area contributed by atoms with Crippen LogP contribution in [0.4, 0.5) is 0 Å². The molecule has 0 bridgehead atoms. The molecule has 0 aliphatic carbocycles. The lowest BCUT2D eigenvalue weighted by Gasteiger charge is -2.08. The van der Waals surface area contributed by atoms with Gasteiger partial charge in [0.2, 0.25) is 10.0 Å². The number of nitrogens with one attached hydrogen (secondary N) is 1. The van der Waals surface area contributed by atoms with Gasteiger partial charge in [-0.3, -0.25) is 0 Å². The number of hydrogen-bond donors (Lipinski definition) is 2. The van der Waals surface area contributed by atoms with E-state index >= 15 is 0 Å². The van der Waals surface area contributed by atoms with Crippen LogP contribution in [-0.2, 0) is 21.4 Å². The van der Waals surface area contributed by atoms with Crippen molar-refractivity contribution in [3.8, 4) is 0 Å². The van der Waals surface area contributed by atoms with Gasteiger partial charge in [-0.25, -0.2) is 13.1 Å². The number of thiophene rings is 1. The van der Waals surface area contributed by atoms with Crippen LogP contribution >= 0.6 is 11.3 Å². The summed E-state index contributed by atoms with van der Waals surface area (Å²) < 4.78 is 31.4. The van der Waals surface area contributed by atoms with Crippen LogP contribution in [0.15, 0.2) is 15.7 Å². The van der Waals surface area contributed by atoms with Gasteiger partial charge in [0, 0.05) is 6.54 Å². The molecule has 1 aromatic rings. The quantitative estimate of drug-likeness (QED) is 0.729. The average Bonchev–Trinajstić information content (AvgIpc) is 2.73. The van der Waals surface area contributed by atoms with Gasteiger partial charge in [0.15, 0.2) is 0 Å². The second-order valence-corrected chi connectivity index (χ2v) is 6.65. The normalized spacial score (nSPS) is 12.2. The molecule has 0 fully saturated rings. The summed E-state index contributed by atoms with van der Waals surface area (Å²) in [6.07, 6.45) is 0.0854. The standard InChI is InChI=1S/C10H17NO4S2/c1-8(2)15-4-3-11-17(13,14)10-5-9(6-12)7-16-10/h5,7-8,11-12H,3-4,6H2,1-2H3. The molecule has 0 spiro atoms. The van der Waals surface area contributed by atoms with Crippen LogP contribution in [0.2, 0.25) is 0 Å². The van der Waals surface area contributed by atoms with E-state index in [1.165, 1.54) is 6.07 Å². The lowest BCUT2D eigenvalue weighted by atomic mass is 10.4. The van der Waals surface area contributed by atoms with Gasteiger partial charge in [-0.1, -0.05) is 0 Å². The van der Waals surface area contributed by atoms with Gasteiger partial charge in [-0.05, 0) is 30.9 Å². The highest BCUT2D eigenvalue weighted by Crippen LogP contribution is 2.19. The van der Waals surface area contributed by atoms with Crippen molar-refractivity contribution in [1.82, 2.24) is 4.72 Å². The molecule has 0 saturated heterocycles. The van der Waals surface area contributed by atoms with Gasteiger partial charge < -0.3 is 9.84 Å². The molecule has 2 N–H and O–H groups in total. The Morgan fingerprint density at radius 2 is 2.24 bits per heavy atom. The van der Waals surface area contributed by atoms with E-state index in [0.29, 0.717) is 12.2 Å². The summed E-state index contributed by atoms with van der Waals surface area (Å²) in [5.41, 5.74) is 0.605. The van der Waals surface area contributed by atoms with Crippen LogP contribution in [0, 0.1) is 0 Å². The van der Waals surface area contributed by atoms with E-state index in [-0.39, 0.29) is 23.5 Å². The minimum atomic E-state index is -3.47. The lowest BCUT2D eigenvalue weighted by Crippen LogP contribution is -2.27. The summed E-state index contributed by atoms with van der Waals surface area (Å²) >= 11 is 1.09. The lowest BCUT2D eigenvalue weighted by molar-refractivity contribution is 0.0834. The first-order valence-corrected chi connectivity index (χ1v) is 7.61. The molecule has 1 heterocycles. The van der Waals surface area contributed by atoms with Crippen LogP contribution in [-0.4, -0.2) is 32.8 Å². The molecule has 1 rings (SSSR count). The van der Waals surface area contributed by atoms with Crippen molar-refractivity contribution in [2.75, 3.05) is 13.2 Å². The van der Waals surface area contributed by atoms with Crippen LogP contribution in [0.25, 0.3) is 0 Å². The molecule has 0 atom stereocenters. The van der Waals surface area contributed by atoms with Crippen molar-refractivity contribution in [2.45, 2.75) is 30.8 Å². The Morgan fingerprint density at radius 1 is 1.53 bits per heavy atom. The van der Waals surface area contributed by atoms with Gasteiger partial charge in [0.05, 0.1) is 19.3 Å². The first kappa shape index (κ1) is 14.6. The summed E-state index contributed by atoms with van der Waals surface area (Å²) in [7, 11) is -3.47. The van der Waals surface area contributed by atoms with Gasteiger partial charge in [0.1, 0.15) is 4.21 Å². The first-order valence-electron chi connectivity index (χ1n) is 5.25. The number of ether oxygens (including phenoxy) is 1. The molecule has 0 radical (unpaired) electrons. The fourth-order valence-corrected chi connectivity index (χ4v) is 3.38. The third-order valence-electron chi connectivity index (χ3n) is 1.92. The Morgan fingerprint density at radius 3 is 2.76 bits per heavy atom. The summed E-state index contributed by atoms with van der Waals surface area (Å²) in [6.45, 7) is 4.22. The van der Waals surface area contributed by atoms with Crippen LogP contribution in [0.3, 0.4) is 0 Å². The summed E-state index contributed by atoms with van der Waals surface area (Å²) in [5, 5.41) is 10.5. The van der Waals surface area contributed by atoms with Gasteiger partial charge in [0.25, 0.3) is 0 Å². The zero-order valence-corrected chi connectivity index (χ0v) is 11.5. The van der Waals surface area contributed by atoms with Crippen molar-refractivity contribution in [2.24, 2.45) is 0 Å². The van der Waals surface area contributed by atoms with Crippen molar-refractivity contribution in [1.29, 1.82) is 0 Å². The number of aliphatic hydroxyl groups excluding tert-OH is 1. The third kappa shape index (κ3) is 4.72. The third-order valence-corrected chi connectivity index (χ3v) is 4.87. The fraction of sp³-hybridized carbons (Fsp3) is 0.600. The Balaban J connectivity index is 2.51. The summed E-state index contributed by atoms with van der Waals surface area (Å²) in [4.78, 5) is 0. The minimum Gasteiger partial charge on any atom is -0.392 e. The van der Waals surface area contributed by atoms with E-state index in [9.17, 15) is 8.42 Å². The van der Waals surface area contributed by atoms with Gasteiger partial charge in [-0.15, -0.1) is 11.3 Å². The average molecular weight is 279 g/mol. The highest BCUT2D eigenvalue weighted by molar-refractivity contribution is 7.91. The smallest absolute Gasteiger partial charge is 0.250 e. The van der Waals surface area contributed by atoms with E-state index in [4.69, 9.17) is 9.84 Å². The predicted octanol–water partition coefficient (Wildman–Crippen LogP) is 0.944. The second kappa shape index (κ2) is 6.46. The Kier molecular flexibility index (Phi) is 5.54. The molecule has 7 heteroatoms. The summed E-state index contributed by atoms with van der Waals surface area (Å²) in [5.74, 6) is 0. The van der Waals surface area contributed by atoms with E-state index in [1.807, 2.05) is 13.8 Å². The Bertz CT molecular complexity index is 439. The zero-order valence-electron chi connectivity index (χ0n) is 9.84.